The zero-order chi connectivity index (χ0) is 22.1. The number of benzene rings is 2. The molecule has 156 valence electrons. The Morgan fingerprint density at radius 1 is 1.10 bits per heavy atom. The van der Waals surface area contributed by atoms with Crippen LogP contribution in [0.4, 0.5) is 22.0 Å². The predicted molar refractivity (Wildman–Crippen MR) is 97.8 cm³/mol. The highest BCUT2D eigenvalue weighted by Crippen LogP contribution is 2.33. The third-order valence-corrected chi connectivity index (χ3v) is 4.21. The molecule has 10 heteroatoms. The number of carboxylic acids is 1. The summed E-state index contributed by atoms with van der Waals surface area (Å²) in [7, 11) is 0. The molecule has 0 saturated carbocycles. The van der Waals surface area contributed by atoms with E-state index in [1.807, 2.05) is 0 Å². The van der Waals surface area contributed by atoms with Crippen molar-refractivity contribution in [1.29, 1.82) is 0 Å². The van der Waals surface area contributed by atoms with E-state index in [1.54, 1.807) is 6.07 Å². The average Bonchev–Trinajstić information content (AvgIpc) is 2.66. The third kappa shape index (κ3) is 4.37. The highest BCUT2D eigenvalue weighted by Gasteiger charge is 2.34. The Morgan fingerprint density at radius 2 is 1.77 bits per heavy atom. The van der Waals surface area contributed by atoms with Crippen LogP contribution in [-0.2, 0) is 23.9 Å². The number of fused-ring (bicyclic) bond motifs is 1. The lowest BCUT2D eigenvalue weighted by molar-refractivity contribution is -0.140. The smallest absolute Gasteiger partial charge is 0.419 e. The van der Waals surface area contributed by atoms with Gasteiger partial charge in [-0.25, -0.2) is 13.5 Å². The van der Waals surface area contributed by atoms with Crippen molar-refractivity contribution in [2.24, 2.45) is 0 Å². The number of aliphatic carboxylic acids is 1. The number of halogens is 5. The molecule has 1 aromatic heterocycles. The van der Waals surface area contributed by atoms with Crippen LogP contribution in [0.2, 0.25) is 0 Å². The highest BCUT2D eigenvalue weighted by atomic mass is 19.4. The zero-order valence-corrected chi connectivity index (χ0v) is 15.1. The average molecular weight is 424 g/mol. The van der Waals surface area contributed by atoms with E-state index in [0.29, 0.717) is 16.8 Å². The van der Waals surface area contributed by atoms with Gasteiger partial charge in [0.1, 0.15) is 11.6 Å². The highest BCUT2D eigenvalue weighted by molar-refractivity contribution is 5.86. The molecule has 0 aliphatic rings. The Bertz CT molecular complexity index is 1220. The fraction of sp³-hybridized carbons (Fsp3) is 0.150. The Kier molecular flexibility index (Phi) is 5.68. The van der Waals surface area contributed by atoms with E-state index in [4.69, 9.17) is 5.11 Å². The fourth-order valence-electron chi connectivity index (χ4n) is 2.92. The molecular formula is C20H13F5N2O3. The summed E-state index contributed by atoms with van der Waals surface area (Å²) in [5, 5.41) is 13.3. The number of carbonyl (C=O) groups is 1. The van der Waals surface area contributed by atoms with Gasteiger partial charge in [0, 0.05) is 10.9 Å². The quantitative estimate of drug-likeness (QED) is 0.624. The van der Waals surface area contributed by atoms with Crippen LogP contribution in [0, 0.1) is 5.82 Å². The second-order valence-corrected chi connectivity index (χ2v) is 6.32. The van der Waals surface area contributed by atoms with Crippen molar-refractivity contribution in [1.82, 2.24) is 9.78 Å². The van der Waals surface area contributed by atoms with Gasteiger partial charge in [-0.1, -0.05) is 30.3 Å². The van der Waals surface area contributed by atoms with Crippen LogP contribution in [0.3, 0.4) is 0 Å². The summed E-state index contributed by atoms with van der Waals surface area (Å²) in [5.41, 5.74) is -2.92. The summed E-state index contributed by atoms with van der Waals surface area (Å²) in [4.78, 5) is 23.6. The molecule has 1 heterocycles. The van der Waals surface area contributed by atoms with Gasteiger partial charge in [0.2, 0.25) is 0 Å². The Balaban J connectivity index is 2.03. The molecule has 3 aromatic rings. The number of hydrogen-bond donors (Lipinski definition) is 1. The Labute approximate surface area is 165 Å². The third-order valence-electron chi connectivity index (χ3n) is 4.21. The van der Waals surface area contributed by atoms with Crippen molar-refractivity contribution in [3.8, 4) is 0 Å². The summed E-state index contributed by atoms with van der Waals surface area (Å²) < 4.78 is 67.6. The molecule has 0 spiro atoms. The minimum atomic E-state index is -4.95. The molecular weight excluding hydrogens is 411 g/mol. The van der Waals surface area contributed by atoms with Crippen molar-refractivity contribution in [3.63, 3.8) is 0 Å². The maximum Gasteiger partial charge on any atom is 0.419 e. The first-order chi connectivity index (χ1) is 14.1. The minimum absolute atomic E-state index is 0.00995. The number of hydrogen-bond acceptors (Lipinski definition) is 3. The van der Waals surface area contributed by atoms with Crippen molar-refractivity contribution in [2.75, 3.05) is 0 Å². The van der Waals surface area contributed by atoms with Crippen molar-refractivity contribution < 1.29 is 31.9 Å². The number of rotatable bonds is 5. The number of allylic oxidation sites excluding steroid dienone is 1. The summed E-state index contributed by atoms with van der Waals surface area (Å²) in [5.74, 6) is -4.01. The summed E-state index contributed by atoms with van der Waals surface area (Å²) in [6.45, 7) is -0.814. The maximum atomic E-state index is 14.5. The van der Waals surface area contributed by atoms with E-state index in [2.05, 4.69) is 5.10 Å². The predicted octanol–water partition coefficient (Wildman–Crippen LogP) is 4.19. The van der Waals surface area contributed by atoms with Gasteiger partial charge >= 0.3 is 12.1 Å². The molecule has 3 rings (SSSR count). The van der Waals surface area contributed by atoms with E-state index in [0.717, 1.165) is 12.1 Å². The van der Waals surface area contributed by atoms with E-state index in [1.165, 1.54) is 18.2 Å². The maximum absolute atomic E-state index is 14.5. The van der Waals surface area contributed by atoms with Crippen LogP contribution in [0.25, 0.3) is 16.8 Å². The van der Waals surface area contributed by atoms with Gasteiger partial charge in [-0.15, -0.1) is 0 Å². The molecule has 2 aromatic carbocycles. The molecule has 0 fully saturated rings. The lowest BCUT2D eigenvalue weighted by Gasteiger charge is -2.11. The molecule has 0 atom stereocenters. The summed E-state index contributed by atoms with van der Waals surface area (Å²) in [6, 6.07) is 8.43. The molecule has 0 saturated heterocycles. The van der Waals surface area contributed by atoms with Crippen LogP contribution in [0.5, 0.6) is 0 Å². The molecule has 0 bridgehead atoms. The van der Waals surface area contributed by atoms with Crippen LogP contribution in [0.15, 0.2) is 53.1 Å². The molecule has 0 unspecified atom stereocenters. The number of carboxylic acid groups (broad SMARTS) is 1. The Hall–Kier alpha value is -3.56. The molecule has 30 heavy (non-hydrogen) atoms. The van der Waals surface area contributed by atoms with E-state index in [-0.39, 0.29) is 16.5 Å². The van der Waals surface area contributed by atoms with E-state index in [9.17, 15) is 31.5 Å². The largest absolute Gasteiger partial charge is 0.481 e. The second kappa shape index (κ2) is 8.05. The van der Waals surface area contributed by atoms with Crippen molar-refractivity contribution in [3.05, 3.63) is 81.3 Å². The Morgan fingerprint density at radius 3 is 2.40 bits per heavy atom. The first kappa shape index (κ1) is 21.2. The second-order valence-electron chi connectivity index (χ2n) is 6.32. The summed E-state index contributed by atoms with van der Waals surface area (Å²) >= 11 is 0. The van der Waals surface area contributed by atoms with Gasteiger partial charge < -0.3 is 5.11 Å². The van der Waals surface area contributed by atoms with Gasteiger partial charge in [0.15, 0.2) is 0 Å². The molecule has 0 aliphatic carbocycles. The van der Waals surface area contributed by atoms with Crippen molar-refractivity contribution in [2.45, 2.75) is 19.1 Å². The van der Waals surface area contributed by atoms with E-state index < -0.39 is 53.4 Å². The van der Waals surface area contributed by atoms with Gasteiger partial charge in [0.25, 0.3) is 5.56 Å². The molecule has 0 aliphatic heterocycles. The fourth-order valence-corrected chi connectivity index (χ4v) is 2.92. The van der Waals surface area contributed by atoms with Gasteiger partial charge in [0.05, 0.1) is 29.6 Å². The standard InChI is InChI=1S/C20H13F5N2O3/c21-12(8-11-4-3-7-15(18(11)22)20(23,24)25)10-27-19(30)14-6-2-1-5-13(14)16(26-27)9-17(28)29/h1-8H,9-10H2,(H,28,29). The van der Waals surface area contributed by atoms with Gasteiger partial charge in [-0.2, -0.15) is 18.3 Å². The number of alkyl halides is 3. The lowest BCUT2D eigenvalue weighted by Crippen LogP contribution is -2.25. The summed E-state index contributed by atoms with van der Waals surface area (Å²) in [6.07, 6.45) is -4.95. The van der Waals surface area contributed by atoms with Crippen LogP contribution >= 0.6 is 0 Å². The zero-order valence-electron chi connectivity index (χ0n) is 15.1. The number of aromatic nitrogens is 2. The van der Waals surface area contributed by atoms with E-state index >= 15 is 0 Å². The molecule has 0 amide bonds. The van der Waals surface area contributed by atoms with Gasteiger partial charge in [-0.3, -0.25) is 9.59 Å². The SMILES string of the molecule is O=C(O)Cc1nn(CC(F)=Cc2cccc(C(F)(F)F)c2F)c(=O)c2ccccc12. The van der Waals surface area contributed by atoms with Crippen molar-refractivity contribution >= 4 is 22.8 Å². The first-order valence-corrected chi connectivity index (χ1v) is 8.50. The van der Waals surface area contributed by atoms with Gasteiger partial charge in [-0.05, 0) is 18.2 Å². The first-order valence-electron chi connectivity index (χ1n) is 8.50. The topological polar surface area (TPSA) is 72.2 Å². The monoisotopic (exact) mass is 424 g/mol. The van der Waals surface area contributed by atoms with Crippen LogP contribution in [0.1, 0.15) is 16.8 Å². The molecule has 0 radical (unpaired) electrons. The number of nitrogens with zero attached hydrogens (tertiary/aromatic N) is 2. The van der Waals surface area contributed by atoms with Crippen LogP contribution in [-0.4, -0.2) is 20.9 Å². The lowest BCUT2D eigenvalue weighted by atomic mass is 10.1. The molecule has 1 N–H and O–H groups in total. The minimum Gasteiger partial charge on any atom is -0.481 e. The normalized spacial score (nSPS) is 12.4. The molecule has 5 nitrogen and oxygen atoms in total. The van der Waals surface area contributed by atoms with Crippen LogP contribution < -0.4 is 5.56 Å².